The van der Waals surface area contributed by atoms with Crippen LogP contribution in [0.15, 0.2) is 46.9 Å². The number of aryl methyl sites for hydroxylation is 1. The second-order valence-electron chi connectivity index (χ2n) is 4.56. The molecule has 0 bridgehead atoms. The predicted octanol–water partition coefficient (Wildman–Crippen LogP) is 3.46. The standard InChI is InChI=1S/C15H13N3OS/c1-9-3-2-4-10(7-9)14-18-12-6-5-11(17-15(16)20)8-13(12)19-14/h2-8H,1H3,(H3,16,17,20). The summed E-state index contributed by atoms with van der Waals surface area (Å²) in [6, 6.07) is 13.6. The largest absolute Gasteiger partial charge is 0.436 e. The summed E-state index contributed by atoms with van der Waals surface area (Å²) in [6.45, 7) is 2.04. The number of hydrogen-bond acceptors (Lipinski definition) is 3. The second kappa shape index (κ2) is 4.94. The fraction of sp³-hybridized carbons (Fsp3) is 0.0667. The summed E-state index contributed by atoms with van der Waals surface area (Å²) < 4.78 is 5.80. The van der Waals surface area contributed by atoms with Crippen LogP contribution in [0.2, 0.25) is 0 Å². The summed E-state index contributed by atoms with van der Waals surface area (Å²) in [5.74, 6) is 0.608. The Morgan fingerprint density at radius 1 is 1.25 bits per heavy atom. The minimum Gasteiger partial charge on any atom is -0.436 e. The van der Waals surface area contributed by atoms with Gasteiger partial charge in [-0.1, -0.05) is 17.7 Å². The van der Waals surface area contributed by atoms with Crippen LogP contribution in [0.4, 0.5) is 5.69 Å². The summed E-state index contributed by atoms with van der Waals surface area (Å²) in [5, 5.41) is 3.10. The lowest BCUT2D eigenvalue weighted by atomic mass is 10.1. The van der Waals surface area contributed by atoms with E-state index in [2.05, 4.69) is 10.3 Å². The smallest absolute Gasteiger partial charge is 0.227 e. The quantitative estimate of drug-likeness (QED) is 0.705. The first kappa shape index (κ1) is 12.6. The number of oxazole rings is 1. The Balaban J connectivity index is 2.04. The number of anilines is 1. The number of benzene rings is 2. The molecule has 3 aromatic rings. The van der Waals surface area contributed by atoms with Crippen molar-refractivity contribution >= 4 is 34.1 Å². The Morgan fingerprint density at radius 3 is 2.85 bits per heavy atom. The highest BCUT2D eigenvalue weighted by Crippen LogP contribution is 2.26. The van der Waals surface area contributed by atoms with Crippen LogP contribution in [0.25, 0.3) is 22.6 Å². The molecule has 0 aliphatic rings. The summed E-state index contributed by atoms with van der Waals surface area (Å²) in [7, 11) is 0. The van der Waals surface area contributed by atoms with E-state index >= 15 is 0 Å². The molecule has 0 unspecified atom stereocenters. The molecule has 0 radical (unpaired) electrons. The Morgan fingerprint density at radius 2 is 2.10 bits per heavy atom. The van der Waals surface area contributed by atoms with Crippen molar-refractivity contribution in [3.63, 3.8) is 0 Å². The molecule has 3 rings (SSSR count). The van der Waals surface area contributed by atoms with Crippen LogP contribution < -0.4 is 11.1 Å². The molecular formula is C15H13N3OS. The third-order valence-electron chi connectivity index (χ3n) is 2.92. The Bertz CT molecular complexity index is 795. The van der Waals surface area contributed by atoms with Gasteiger partial charge in [-0.3, -0.25) is 0 Å². The van der Waals surface area contributed by atoms with E-state index in [9.17, 15) is 0 Å². The third-order valence-corrected chi connectivity index (χ3v) is 3.02. The molecule has 4 nitrogen and oxygen atoms in total. The van der Waals surface area contributed by atoms with Crippen LogP contribution in [0.1, 0.15) is 5.56 Å². The highest BCUT2D eigenvalue weighted by molar-refractivity contribution is 7.80. The molecule has 0 aliphatic carbocycles. The van der Waals surface area contributed by atoms with Crippen molar-refractivity contribution < 1.29 is 4.42 Å². The van der Waals surface area contributed by atoms with Gasteiger partial charge in [-0.05, 0) is 43.4 Å². The highest BCUT2D eigenvalue weighted by atomic mass is 32.1. The number of thiocarbonyl (C=S) groups is 1. The van der Waals surface area contributed by atoms with Crippen LogP contribution in [0.5, 0.6) is 0 Å². The van der Waals surface area contributed by atoms with Gasteiger partial charge < -0.3 is 15.5 Å². The molecule has 0 saturated heterocycles. The van der Waals surface area contributed by atoms with E-state index in [0.29, 0.717) is 11.5 Å². The van der Waals surface area contributed by atoms with Crippen LogP contribution in [0, 0.1) is 6.92 Å². The number of nitrogens with one attached hydrogen (secondary N) is 1. The molecule has 0 fully saturated rings. The molecule has 2 aromatic carbocycles. The molecule has 0 atom stereocenters. The lowest BCUT2D eigenvalue weighted by molar-refractivity contribution is 0.620. The maximum atomic E-state index is 5.80. The minimum absolute atomic E-state index is 0.225. The number of aromatic nitrogens is 1. The summed E-state index contributed by atoms with van der Waals surface area (Å²) >= 11 is 4.82. The van der Waals surface area contributed by atoms with Crippen LogP contribution >= 0.6 is 12.2 Å². The maximum absolute atomic E-state index is 5.80. The average Bonchev–Trinajstić information content (AvgIpc) is 2.81. The highest BCUT2D eigenvalue weighted by Gasteiger charge is 2.09. The predicted molar refractivity (Wildman–Crippen MR) is 84.6 cm³/mol. The molecular weight excluding hydrogens is 270 g/mol. The molecule has 5 heteroatoms. The van der Waals surface area contributed by atoms with Gasteiger partial charge in [0, 0.05) is 17.3 Å². The van der Waals surface area contributed by atoms with Gasteiger partial charge in [0.25, 0.3) is 0 Å². The average molecular weight is 283 g/mol. The number of hydrogen-bond donors (Lipinski definition) is 2. The van der Waals surface area contributed by atoms with Crippen molar-refractivity contribution in [2.75, 3.05) is 5.32 Å². The van der Waals surface area contributed by atoms with E-state index in [1.165, 1.54) is 5.56 Å². The Labute approximate surface area is 121 Å². The molecule has 100 valence electrons. The van der Waals surface area contributed by atoms with Crippen molar-refractivity contribution in [3.8, 4) is 11.5 Å². The summed E-state index contributed by atoms with van der Waals surface area (Å²) in [6.07, 6.45) is 0. The fourth-order valence-corrected chi connectivity index (χ4v) is 2.16. The van der Waals surface area contributed by atoms with Crippen molar-refractivity contribution in [2.45, 2.75) is 6.92 Å². The molecule has 3 N–H and O–H groups in total. The molecule has 0 aliphatic heterocycles. The second-order valence-corrected chi connectivity index (χ2v) is 5.00. The SMILES string of the molecule is Cc1cccc(-c2nc3ccc(NC(N)=S)cc3o2)c1. The van der Waals surface area contributed by atoms with Crippen LogP contribution in [-0.2, 0) is 0 Å². The summed E-state index contributed by atoms with van der Waals surface area (Å²) in [5.41, 5.74) is 9.87. The fourth-order valence-electron chi connectivity index (χ4n) is 2.05. The lowest BCUT2D eigenvalue weighted by Crippen LogP contribution is -2.18. The molecule has 1 aromatic heterocycles. The van der Waals surface area contributed by atoms with Gasteiger partial charge in [0.15, 0.2) is 10.7 Å². The monoisotopic (exact) mass is 283 g/mol. The van der Waals surface area contributed by atoms with Crippen molar-refractivity contribution in [2.24, 2.45) is 5.73 Å². The number of fused-ring (bicyclic) bond motifs is 1. The van der Waals surface area contributed by atoms with Crippen molar-refractivity contribution in [1.82, 2.24) is 4.98 Å². The first-order valence-electron chi connectivity index (χ1n) is 6.16. The normalized spacial score (nSPS) is 10.7. The zero-order valence-electron chi connectivity index (χ0n) is 10.9. The van der Waals surface area contributed by atoms with Gasteiger partial charge in [0.05, 0.1) is 0 Å². The maximum Gasteiger partial charge on any atom is 0.227 e. The van der Waals surface area contributed by atoms with Crippen LogP contribution in [-0.4, -0.2) is 10.1 Å². The van der Waals surface area contributed by atoms with E-state index in [1.807, 2.05) is 49.4 Å². The first-order chi connectivity index (χ1) is 9.61. The van der Waals surface area contributed by atoms with Gasteiger partial charge in [-0.15, -0.1) is 0 Å². The van der Waals surface area contributed by atoms with Gasteiger partial charge in [-0.2, -0.15) is 0 Å². The number of rotatable bonds is 2. The van der Waals surface area contributed by atoms with E-state index in [1.54, 1.807) is 0 Å². The molecule has 1 heterocycles. The van der Waals surface area contributed by atoms with Gasteiger partial charge in [0.2, 0.25) is 5.89 Å². The molecule has 0 spiro atoms. The molecule has 0 amide bonds. The zero-order chi connectivity index (χ0) is 14.1. The van der Waals surface area contributed by atoms with Gasteiger partial charge in [0.1, 0.15) is 5.52 Å². The number of nitrogens with two attached hydrogens (primary N) is 1. The first-order valence-corrected chi connectivity index (χ1v) is 6.57. The van der Waals surface area contributed by atoms with E-state index in [-0.39, 0.29) is 5.11 Å². The molecule has 20 heavy (non-hydrogen) atoms. The van der Waals surface area contributed by atoms with Crippen molar-refractivity contribution in [1.29, 1.82) is 0 Å². The van der Waals surface area contributed by atoms with Crippen molar-refractivity contribution in [3.05, 3.63) is 48.0 Å². The van der Waals surface area contributed by atoms with E-state index in [4.69, 9.17) is 22.4 Å². The van der Waals surface area contributed by atoms with E-state index in [0.717, 1.165) is 16.8 Å². The third kappa shape index (κ3) is 2.48. The van der Waals surface area contributed by atoms with Gasteiger partial charge >= 0.3 is 0 Å². The topological polar surface area (TPSA) is 64.1 Å². The molecule has 0 saturated carbocycles. The number of nitrogens with zero attached hydrogens (tertiary/aromatic N) is 1. The lowest BCUT2D eigenvalue weighted by Gasteiger charge is -2.01. The van der Waals surface area contributed by atoms with E-state index < -0.39 is 0 Å². The Kier molecular flexibility index (Phi) is 3.12. The van der Waals surface area contributed by atoms with Gasteiger partial charge in [-0.25, -0.2) is 4.98 Å². The van der Waals surface area contributed by atoms with Crippen LogP contribution in [0.3, 0.4) is 0 Å². The summed E-state index contributed by atoms with van der Waals surface area (Å²) in [4.78, 5) is 4.49. The minimum atomic E-state index is 0.225. The Hall–Kier alpha value is -2.40. The zero-order valence-corrected chi connectivity index (χ0v) is 11.7.